The minimum absolute atomic E-state index is 0.102. The number of Topliss-reactive ketones (excluding diaryl/α,β-unsaturated/α-hetero) is 1. The lowest BCUT2D eigenvalue weighted by Gasteiger charge is -2.27. The van der Waals surface area contributed by atoms with Crippen molar-refractivity contribution in [2.75, 3.05) is 13.2 Å². The van der Waals surface area contributed by atoms with Crippen molar-refractivity contribution >= 4 is 23.0 Å². The summed E-state index contributed by atoms with van der Waals surface area (Å²) in [4.78, 5) is 33.6. The third-order valence-corrected chi connectivity index (χ3v) is 7.18. The second-order valence-electron chi connectivity index (χ2n) is 8.57. The van der Waals surface area contributed by atoms with E-state index in [1.54, 1.807) is 11.8 Å². The molecule has 1 amide bonds. The van der Waals surface area contributed by atoms with E-state index < -0.39 is 17.7 Å². The van der Waals surface area contributed by atoms with Gasteiger partial charge in [-0.3, -0.25) is 9.59 Å². The van der Waals surface area contributed by atoms with Crippen LogP contribution in [0.1, 0.15) is 60.1 Å². The quantitative estimate of drug-likeness (QED) is 0.338. The second kappa shape index (κ2) is 10.9. The van der Waals surface area contributed by atoms with Crippen LogP contribution in [-0.2, 0) is 4.79 Å². The molecule has 1 aliphatic heterocycles. The zero-order valence-corrected chi connectivity index (χ0v) is 21.1. The smallest absolute Gasteiger partial charge is 0.290 e. The van der Waals surface area contributed by atoms with Gasteiger partial charge in [-0.15, -0.1) is 11.3 Å². The molecule has 0 radical (unpaired) electrons. The minimum atomic E-state index is -0.687. The van der Waals surface area contributed by atoms with Crippen molar-refractivity contribution in [3.63, 3.8) is 0 Å². The van der Waals surface area contributed by atoms with Crippen LogP contribution in [0.25, 0.3) is 10.6 Å². The normalized spacial score (nSPS) is 15.7. The van der Waals surface area contributed by atoms with Crippen LogP contribution < -0.4 is 4.74 Å². The first-order valence-corrected chi connectivity index (χ1v) is 12.8. The molecule has 1 N–H and O–H groups in total. The average molecular weight is 491 g/mol. The number of hydrogen-bond donors (Lipinski definition) is 1. The maximum atomic E-state index is 13.9. The lowest BCUT2D eigenvalue weighted by molar-refractivity contribution is -0.129. The van der Waals surface area contributed by atoms with Gasteiger partial charge in [-0.25, -0.2) is 4.98 Å². The van der Waals surface area contributed by atoms with Gasteiger partial charge < -0.3 is 14.7 Å². The SMILES string of the molecule is CCCCN1C(=O)C(O)=C(C(=O)c2sc(-c3ccccc3)nc2C)C1c1cccc(OCCC)c1. The fourth-order valence-electron chi connectivity index (χ4n) is 4.22. The standard InChI is InChI=1S/C28H30N2O4S/c1-4-6-15-30-23(20-13-10-14-21(17-20)34-16-5-2)22(25(32)28(30)33)24(31)26-18(3)29-27(35-26)19-11-8-7-9-12-19/h7-14,17,23,32H,4-6,15-16H2,1-3H3. The summed E-state index contributed by atoms with van der Waals surface area (Å²) in [6.45, 7) is 6.87. The molecule has 2 heterocycles. The van der Waals surface area contributed by atoms with E-state index in [0.29, 0.717) is 29.5 Å². The molecule has 4 rings (SSSR count). The molecule has 1 aromatic heterocycles. The molecule has 35 heavy (non-hydrogen) atoms. The number of amides is 1. The van der Waals surface area contributed by atoms with E-state index in [4.69, 9.17) is 4.74 Å². The summed E-state index contributed by atoms with van der Waals surface area (Å²) >= 11 is 1.28. The van der Waals surface area contributed by atoms with Gasteiger partial charge >= 0.3 is 0 Å². The predicted octanol–water partition coefficient (Wildman–Crippen LogP) is 6.29. The highest BCUT2D eigenvalue weighted by molar-refractivity contribution is 7.17. The van der Waals surface area contributed by atoms with Gasteiger partial charge in [0.15, 0.2) is 5.76 Å². The first-order valence-electron chi connectivity index (χ1n) is 12.0. The number of thiazole rings is 1. The number of aryl methyl sites for hydroxylation is 1. The number of carbonyl (C=O) groups excluding carboxylic acids is 2. The van der Waals surface area contributed by atoms with Crippen molar-refractivity contribution in [3.8, 4) is 16.3 Å². The van der Waals surface area contributed by atoms with Gasteiger partial charge in [0.25, 0.3) is 5.91 Å². The highest BCUT2D eigenvalue weighted by atomic mass is 32.1. The molecule has 0 fully saturated rings. The van der Waals surface area contributed by atoms with Gasteiger partial charge in [0.05, 0.1) is 28.8 Å². The predicted molar refractivity (Wildman–Crippen MR) is 138 cm³/mol. The van der Waals surface area contributed by atoms with E-state index in [-0.39, 0.29) is 11.4 Å². The number of carbonyl (C=O) groups is 2. The Kier molecular flexibility index (Phi) is 7.66. The molecule has 3 aromatic rings. The monoisotopic (exact) mass is 490 g/mol. The molecule has 1 atom stereocenters. The Balaban J connectivity index is 1.76. The molecule has 1 aliphatic rings. The number of unbranched alkanes of at least 4 members (excludes halogenated alkanes) is 1. The Morgan fingerprint density at radius 3 is 2.60 bits per heavy atom. The Labute approximate surface area is 209 Å². The third-order valence-electron chi connectivity index (χ3n) is 5.97. The largest absolute Gasteiger partial charge is 0.503 e. The van der Waals surface area contributed by atoms with E-state index >= 15 is 0 Å². The van der Waals surface area contributed by atoms with Crippen LogP contribution in [0.5, 0.6) is 5.75 Å². The van der Waals surface area contributed by atoms with Gasteiger partial charge in [0.1, 0.15) is 10.8 Å². The molecule has 0 bridgehead atoms. The summed E-state index contributed by atoms with van der Waals surface area (Å²) in [5.74, 6) is -0.690. The second-order valence-corrected chi connectivity index (χ2v) is 9.57. The molecule has 1 unspecified atom stereocenters. The maximum absolute atomic E-state index is 13.9. The first kappa shape index (κ1) is 24.7. The van der Waals surface area contributed by atoms with Crippen molar-refractivity contribution in [1.82, 2.24) is 9.88 Å². The lowest BCUT2D eigenvalue weighted by atomic mass is 9.94. The molecular formula is C28H30N2O4S. The van der Waals surface area contributed by atoms with E-state index in [1.165, 1.54) is 11.3 Å². The summed E-state index contributed by atoms with van der Waals surface area (Å²) < 4.78 is 5.80. The molecule has 0 saturated carbocycles. The fraction of sp³-hybridized carbons (Fsp3) is 0.321. The summed E-state index contributed by atoms with van der Waals surface area (Å²) in [5.41, 5.74) is 2.34. The van der Waals surface area contributed by atoms with Crippen LogP contribution in [0.2, 0.25) is 0 Å². The van der Waals surface area contributed by atoms with Crippen molar-refractivity contribution in [1.29, 1.82) is 0 Å². The highest BCUT2D eigenvalue weighted by Crippen LogP contribution is 2.41. The summed E-state index contributed by atoms with van der Waals surface area (Å²) in [5, 5.41) is 11.7. The number of benzene rings is 2. The number of hydrogen-bond acceptors (Lipinski definition) is 6. The number of ketones is 1. The minimum Gasteiger partial charge on any atom is -0.503 e. The Morgan fingerprint density at radius 2 is 1.89 bits per heavy atom. The molecule has 2 aromatic carbocycles. The molecule has 6 nitrogen and oxygen atoms in total. The topological polar surface area (TPSA) is 79.7 Å². The molecule has 0 aliphatic carbocycles. The molecule has 182 valence electrons. The number of aliphatic hydroxyl groups is 1. The van der Waals surface area contributed by atoms with Crippen LogP contribution >= 0.6 is 11.3 Å². The van der Waals surface area contributed by atoms with Crippen molar-refractivity contribution in [2.24, 2.45) is 0 Å². The number of ether oxygens (including phenoxy) is 1. The van der Waals surface area contributed by atoms with Gasteiger partial charge in [0.2, 0.25) is 5.78 Å². The van der Waals surface area contributed by atoms with Gasteiger partial charge in [-0.05, 0) is 37.5 Å². The van der Waals surface area contributed by atoms with E-state index in [0.717, 1.165) is 35.4 Å². The van der Waals surface area contributed by atoms with E-state index in [2.05, 4.69) is 4.98 Å². The third kappa shape index (κ3) is 5.00. The van der Waals surface area contributed by atoms with Crippen LogP contribution in [-0.4, -0.2) is 39.8 Å². The Morgan fingerprint density at radius 1 is 1.11 bits per heavy atom. The Hall–Kier alpha value is -3.45. The summed E-state index contributed by atoms with van der Waals surface area (Å²) in [7, 11) is 0. The zero-order chi connectivity index (χ0) is 24.9. The molecule has 0 spiro atoms. The van der Waals surface area contributed by atoms with Crippen LogP contribution in [0.3, 0.4) is 0 Å². The summed E-state index contributed by atoms with van der Waals surface area (Å²) in [6.07, 6.45) is 2.52. The summed E-state index contributed by atoms with van der Waals surface area (Å²) in [6, 6.07) is 16.4. The van der Waals surface area contributed by atoms with Gasteiger partial charge in [0, 0.05) is 12.1 Å². The van der Waals surface area contributed by atoms with Gasteiger partial charge in [-0.2, -0.15) is 0 Å². The van der Waals surface area contributed by atoms with Crippen LogP contribution in [0.4, 0.5) is 0 Å². The molecule has 0 saturated heterocycles. The average Bonchev–Trinajstić information content (AvgIpc) is 3.39. The first-order chi connectivity index (χ1) is 17.0. The van der Waals surface area contributed by atoms with Crippen molar-refractivity contribution in [3.05, 3.63) is 82.1 Å². The zero-order valence-electron chi connectivity index (χ0n) is 20.3. The number of nitrogens with zero attached hydrogens (tertiary/aromatic N) is 2. The van der Waals surface area contributed by atoms with Crippen molar-refractivity contribution in [2.45, 2.75) is 46.1 Å². The van der Waals surface area contributed by atoms with Gasteiger partial charge in [-0.1, -0.05) is 62.7 Å². The number of aromatic nitrogens is 1. The number of rotatable bonds is 10. The number of aliphatic hydroxyl groups excluding tert-OH is 1. The fourth-order valence-corrected chi connectivity index (χ4v) is 5.25. The van der Waals surface area contributed by atoms with E-state index in [9.17, 15) is 14.7 Å². The maximum Gasteiger partial charge on any atom is 0.290 e. The van der Waals surface area contributed by atoms with Crippen LogP contribution in [0.15, 0.2) is 65.9 Å². The highest BCUT2D eigenvalue weighted by Gasteiger charge is 2.44. The molecule has 7 heteroatoms. The molecular weight excluding hydrogens is 460 g/mol. The van der Waals surface area contributed by atoms with E-state index in [1.807, 2.05) is 68.4 Å². The Bertz CT molecular complexity index is 1250. The van der Waals surface area contributed by atoms with Crippen LogP contribution in [0, 0.1) is 6.92 Å². The van der Waals surface area contributed by atoms with Crippen molar-refractivity contribution < 1.29 is 19.4 Å². The lowest BCUT2D eigenvalue weighted by Crippen LogP contribution is -2.32.